The number of ether oxygens (including phenoxy) is 1. The Bertz CT molecular complexity index is 399. The predicted octanol–water partition coefficient (Wildman–Crippen LogP) is 1.31. The first-order chi connectivity index (χ1) is 8.40. The van der Waals surface area contributed by atoms with Gasteiger partial charge in [0.2, 0.25) is 0 Å². The molecule has 2 heterocycles. The third kappa shape index (κ3) is 3.83. The van der Waals surface area contributed by atoms with Crippen LogP contribution in [0.5, 0.6) is 0 Å². The fourth-order valence-electron chi connectivity index (χ4n) is 1.75. The van der Waals surface area contributed by atoms with Gasteiger partial charge in [0.25, 0.3) is 0 Å². The molecule has 0 radical (unpaired) electrons. The molecule has 4 heteroatoms. The minimum atomic E-state index is 0.135. The van der Waals surface area contributed by atoms with Crippen LogP contribution in [0, 0.1) is 11.8 Å². The summed E-state index contributed by atoms with van der Waals surface area (Å²) in [4.78, 5) is 3.71. The van der Waals surface area contributed by atoms with Crippen molar-refractivity contribution in [3.8, 4) is 11.8 Å². The summed E-state index contributed by atoms with van der Waals surface area (Å²) in [6, 6.07) is 2.06. The smallest absolute Gasteiger partial charge is 0.0594 e. The highest BCUT2D eigenvalue weighted by Gasteiger charge is 2.12. The Morgan fingerprint density at radius 3 is 3.00 bits per heavy atom. The molecule has 0 unspecified atom stereocenters. The molecule has 17 heavy (non-hydrogen) atoms. The number of rotatable bonds is 3. The van der Waals surface area contributed by atoms with Gasteiger partial charge in [0.1, 0.15) is 0 Å². The van der Waals surface area contributed by atoms with E-state index < -0.39 is 0 Å². The fourth-order valence-corrected chi connectivity index (χ4v) is 2.62. The highest BCUT2D eigenvalue weighted by molar-refractivity contribution is 7.10. The quantitative estimate of drug-likeness (QED) is 0.822. The molecule has 0 saturated carbocycles. The zero-order valence-corrected chi connectivity index (χ0v) is 10.6. The standard InChI is InChI=1S/C13H17NO2S/c15-7-2-1-3-12-4-10-17-13(12)11-14-5-8-16-9-6-14/h4,10,15H,2,5-9,11H2. The van der Waals surface area contributed by atoms with E-state index in [1.54, 1.807) is 11.3 Å². The van der Waals surface area contributed by atoms with Crippen molar-refractivity contribution in [1.29, 1.82) is 0 Å². The van der Waals surface area contributed by atoms with E-state index in [4.69, 9.17) is 9.84 Å². The zero-order chi connectivity index (χ0) is 11.9. The topological polar surface area (TPSA) is 32.7 Å². The van der Waals surface area contributed by atoms with Crippen molar-refractivity contribution >= 4 is 11.3 Å². The highest BCUT2D eigenvalue weighted by Crippen LogP contribution is 2.18. The summed E-state index contributed by atoms with van der Waals surface area (Å²) in [5, 5.41) is 10.8. The lowest BCUT2D eigenvalue weighted by Gasteiger charge is -2.26. The van der Waals surface area contributed by atoms with Crippen molar-refractivity contribution in [3.05, 3.63) is 21.9 Å². The van der Waals surface area contributed by atoms with Gasteiger partial charge in [-0.05, 0) is 11.4 Å². The van der Waals surface area contributed by atoms with Gasteiger partial charge in [-0.2, -0.15) is 0 Å². The van der Waals surface area contributed by atoms with Crippen LogP contribution in [0.25, 0.3) is 0 Å². The molecule has 0 atom stereocenters. The largest absolute Gasteiger partial charge is 0.395 e. The molecule has 0 aromatic carbocycles. The third-order valence-corrected chi connectivity index (χ3v) is 3.58. The van der Waals surface area contributed by atoms with E-state index in [9.17, 15) is 0 Å². The van der Waals surface area contributed by atoms with Crippen LogP contribution in [-0.4, -0.2) is 42.9 Å². The van der Waals surface area contributed by atoms with E-state index in [1.807, 2.05) is 0 Å². The summed E-state index contributed by atoms with van der Waals surface area (Å²) in [6.45, 7) is 4.76. The molecular formula is C13H17NO2S. The molecular weight excluding hydrogens is 234 g/mol. The minimum Gasteiger partial charge on any atom is -0.395 e. The molecule has 1 aromatic rings. The summed E-state index contributed by atoms with van der Waals surface area (Å²) in [5.74, 6) is 6.10. The van der Waals surface area contributed by atoms with E-state index in [0.29, 0.717) is 6.42 Å². The van der Waals surface area contributed by atoms with Gasteiger partial charge in [-0.15, -0.1) is 11.3 Å². The first-order valence-electron chi connectivity index (χ1n) is 5.86. The van der Waals surface area contributed by atoms with E-state index in [2.05, 4.69) is 28.2 Å². The van der Waals surface area contributed by atoms with Crippen LogP contribution in [0.3, 0.4) is 0 Å². The van der Waals surface area contributed by atoms with Crippen molar-refractivity contribution in [3.63, 3.8) is 0 Å². The Morgan fingerprint density at radius 2 is 2.24 bits per heavy atom. The first kappa shape index (κ1) is 12.6. The van der Waals surface area contributed by atoms with Crippen LogP contribution >= 0.6 is 11.3 Å². The number of thiophene rings is 1. The second-order valence-electron chi connectivity index (χ2n) is 3.92. The number of morpholine rings is 1. The summed E-state index contributed by atoms with van der Waals surface area (Å²) in [6.07, 6.45) is 0.548. The third-order valence-electron chi connectivity index (χ3n) is 2.68. The van der Waals surface area contributed by atoms with Gasteiger partial charge in [-0.25, -0.2) is 0 Å². The van der Waals surface area contributed by atoms with Crippen LogP contribution < -0.4 is 0 Å². The summed E-state index contributed by atoms with van der Waals surface area (Å²) >= 11 is 1.75. The molecule has 1 aliphatic rings. The van der Waals surface area contributed by atoms with Crippen molar-refractivity contribution in [2.75, 3.05) is 32.9 Å². The summed E-state index contributed by atoms with van der Waals surface area (Å²) < 4.78 is 5.33. The Kier molecular flexibility index (Phi) is 5.02. The molecule has 1 N–H and O–H groups in total. The van der Waals surface area contributed by atoms with E-state index in [-0.39, 0.29) is 6.61 Å². The molecule has 0 bridgehead atoms. The Hall–Kier alpha value is -0.860. The average Bonchev–Trinajstić information content (AvgIpc) is 2.79. The molecule has 1 aliphatic heterocycles. The van der Waals surface area contributed by atoms with Gasteiger partial charge >= 0.3 is 0 Å². The lowest BCUT2D eigenvalue weighted by Crippen LogP contribution is -2.35. The molecule has 1 fully saturated rings. The predicted molar refractivity (Wildman–Crippen MR) is 69.0 cm³/mol. The monoisotopic (exact) mass is 251 g/mol. The fraction of sp³-hybridized carbons (Fsp3) is 0.538. The molecule has 92 valence electrons. The molecule has 0 amide bonds. The van der Waals surface area contributed by atoms with Gasteiger partial charge in [0.05, 0.1) is 19.8 Å². The number of aliphatic hydroxyl groups is 1. The van der Waals surface area contributed by atoms with Crippen molar-refractivity contribution in [2.24, 2.45) is 0 Å². The normalized spacial score (nSPS) is 16.5. The molecule has 2 rings (SSSR count). The van der Waals surface area contributed by atoms with Crippen molar-refractivity contribution < 1.29 is 9.84 Å². The van der Waals surface area contributed by atoms with Gasteiger partial charge in [0, 0.05) is 36.5 Å². The van der Waals surface area contributed by atoms with Crippen LogP contribution in [0.4, 0.5) is 0 Å². The van der Waals surface area contributed by atoms with Crippen molar-refractivity contribution in [2.45, 2.75) is 13.0 Å². The molecule has 0 aliphatic carbocycles. The van der Waals surface area contributed by atoms with Crippen LogP contribution in [0.2, 0.25) is 0 Å². The molecule has 0 spiro atoms. The second-order valence-corrected chi connectivity index (χ2v) is 4.92. The van der Waals surface area contributed by atoms with E-state index >= 15 is 0 Å². The number of nitrogens with zero attached hydrogens (tertiary/aromatic N) is 1. The van der Waals surface area contributed by atoms with Crippen LogP contribution in [0.15, 0.2) is 11.4 Å². The van der Waals surface area contributed by atoms with E-state index in [0.717, 1.165) is 38.4 Å². The first-order valence-corrected chi connectivity index (χ1v) is 6.74. The highest BCUT2D eigenvalue weighted by atomic mass is 32.1. The SMILES string of the molecule is OCCC#Cc1ccsc1CN1CCOCC1. The lowest BCUT2D eigenvalue weighted by molar-refractivity contribution is 0.0346. The van der Waals surface area contributed by atoms with Gasteiger partial charge in [0.15, 0.2) is 0 Å². The summed E-state index contributed by atoms with van der Waals surface area (Å²) in [5.41, 5.74) is 1.11. The number of hydrogen-bond acceptors (Lipinski definition) is 4. The van der Waals surface area contributed by atoms with Gasteiger partial charge < -0.3 is 9.84 Å². The Balaban J connectivity index is 1.96. The number of aliphatic hydroxyl groups excluding tert-OH is 1. The summed E-state index contributed by atoms with van der Waals surface area (Å²) in [7, 11) is 0. The van der Waals surface area contributed by atoms with Gasteiger partial charge in [-0.3, -0.25) is 4.90 Å². The number of hydrogen-bond donors (Lipinski definition) is 1. The molecule has 1 saturated heterocycles. The minimum absolute atomic E-state index is 0.135. The van der Waals surface area contributed by atoms with Crippen LogP contribution in [-0.2, 0) is 11.3 Å². The molecule has 1 aromatic heterocycles. The maximum atomic E-state index is 8.70. The Morgan fingerprint density at radius 1 is 1.41 bits per heavy atom. The zero-order valence-electron chi connectivity index (χ0n) is 9.82. The maximum Gasteiger partial charge on any atom is 0.0594 e. The lowest BCUT2D eigenvalue weighted by atomic mass is 10.2. The average molecular weight is 251 g/mol. The van der Waals surface area contributed by atoms with Crippen molar-refractivity contribution in [1.82, 2.24) is 4.90 Å². The maximum absolute atomic E-state index is 8.70. The second kappa shape index (κ2) is 6.77. The molecule has 3 nitrogen and oxygen atoms in total. The van der Waals surface area contributed by atoms with Crippen LogP contribution in [0.1, 0.15) is 16.9 Å². The van der Waals surface area contributed by atoms with E-state index in [1.165, 1.54) is 4.88 Å². The van der Waals surface area contributed by atoms with Gasteiger partial charge in [-0.1, -0.05) is 11.8 Å². The Labute approximate surface area is 106 Å².